The number of sulfonamides is 1. The van der Waals surface area contributed by atoms with Gasteiger partial charge in [0.15, 0.2) is 0 Å². The third-order valence-electron chi connectivity index (χ3n) is 4.27. The Morgan fingerprint density at radius 1 is 1.07 bits per heavy atom. The summed E-state index contributed by atoms with van der Waals surface area (Å²) in [6, 6.07) is 15.4. The van der Waals surface area contributed by atoms with Crippen molar-refractivity contribution in [1.29, 1.82) is 0 Å². The normalized spacial score (nSPS) is 13.6. The molecule has 0 aliphatic heterocycles. The maximum absolute atomic E-state index is 12.6. The number of anilines is 1. The van der Waals surface area contributed by atoms with E-state index in [1.165, 1.54) is 5.56 Å². The topological polar surface area (TPSA) is 66.5 Å². The molecular weight excluding hydrogens is 384 g/mol. The maximum atomic E-state index is 12.6. The van der Waals surface area contributed by atoms with E-state index < -0.39 is 16.1 Å². The standard InChI is InChI=1S/C20H25ClN2O3S/c1-15(9-10-17-7-5-4-6-8-17)22-20(24)16(2)23(27(3,25)26)19-13-11-18(21)12-14-19/h4-8,11-16H,9-10H2,1-3H3,(H,22,24)/t15-,16-/m0/s1. The van der Waals surface area contributed by atoms with Crippen molar-refractivity contribution in [2.75, 3.05) is 10.6 Å². The molecule has 2 aromatic carbocycles. The summed E-state index contributed by atoms with van der Waals surface area (Å²) in [5.74, 6) is -0.337. The minimum absolute atomic E-state index is 0.0771. The molecule has 7 heteroatoms. The third kappa shape index (κ3) is 6.26. The molecule has 0 aliphatic rings. The Balaban J connectivity index is 2.04. The zero-order chi connectivity index (χ0) is 20.0. The second-order valence-electron chi connectivity index (χ2n) is 6.65. The Bertz CT molecular complexity index is 855. The van der Waals surface area contributed by atoms with E-state index in [-0.39, 0.29) is 11.9 Å². The molecule has 27 heavy (non-hydrogen) atoms. The van der Waals surface area contributed by atoms with E-state index in [2.05, 4.69) is 5.32 Å². The van der Waals surface area contributed by atoms with Crippen molar-refractivity contribution in [1.82, 2.24) is 5.32 Å². The van der Waals surface area contributed by atoms with Crippen LogP contribution in [0, 0.1) is 0 Å². The van der Waals surface area contributed by atoms with Crippen molar-refractivity contribution in [3.63, 3.8) is 0 Å². The van der Waals surface area contributed by atoms with Crippen molar-refractivity contribution >= 4 is 33.2 Å². The fraction of sp³-hybridized carbons (Fsp3) is 0.350. The summed E-state index contributed by atoms with van der Waals surface area (Å²) in [6.07, 6.45) is 2.69. The first kappa shape index (κ1) is 21.3. The van der Waals surface area contributed by atoms with Crippen molar-refractivity contribution in [2.45, 2.75) is 38.8 Å². The first-order chi connectivity index (χ1) is 12.7. The number of nitrogens with zero attached hydrogens (tertiary/aromatic N) is 1. The minimum atomic E-state index is -3.64. The molecule has 0 bridgehead atoms. The smallest absolute Gasteiger partial charge is 0.243 e. The van der Waals surface area contributed by atoms with E-state index >= 15 is 0 Å². The quantitative estimate of drug-likeness (QED) is 0.725. The van der Waals surface area contributed by atoms with Crippen LogP contribution in [0.2, 0.25) is 5.02 Å². The second-order valence-corrected chi connectivity index (χ2v) is 8.94. The number of amides is 1. The largest absolute Gasteiger partial charge is 0.352 e. The molecule has 2 aromatic rings. The van der Waals surface area contributed by atoms with Crippen LogP contribution in [0.25, 0.3) is 0 Å². The fourth-order valence-electron chi connectivity index (χ4n) is 2.86. The summed E-state index contributed by atoms with van der Waals surface area (Å²) in [4.78, 5) is 12.6. The highest BCUT2D eigenvalue weighted by Crippen LogP contribution is 2.23. The van der Waals surface area contributed by atoms with Crippen molar-refractivity contribution in [3.05, 3.63) is 65.2 Å². The number of carbonyl (C=O) groups excluding carboxylic acids is 1. The Morgan fingerprint density at radius 3 is 2.22 bits per heavy atom. The van der Waals surface area contributed by atoms with Gasteiger partial charge in [-0.15, -0.1) is 0 Å². The first-order valence-electron chi connectivity index (χ1n) is 8.77. The number of hydrogen-bond donors (Lipinski definition) is 1. The number of nitrogens with one attached hydrogen (secondary N) is 1. The molecule has 1 N–H and O–H groups in total. The van der Waals surface area contributed by atoms with Gasteiger partial charge in [0.1, 0.15) is 6.04 Å². The van der Waals surface area contributed by atoms with Crippen LogP contribution in [0.1, 0.15) is 25.8 Å². The molecule has 0 fully saturated rings. The highest BCUT2D eigenvalue weighted by Gasteiger charge is 2.29. The molecule has 0 saturated heterocycles. The van der Waals surface area contributed by atoms with Crippen LogP contribution in [-0.4, -0.2) is 32.7 Å². The minimum Gasteiger partial charge on any atom is -0.352 e. The molecule has 5 nitrogen and oxygen atoms in total. The summed E-state index contributed by atoms with van der Waals surface area (Å²) in [5, 5.41) is 3.41. The summed E-state index contributed by atoms with van der Waals surface area (Å²) in [6.45, 7) is 3.50. The molecule has 0 aromatic heterocycles. The molecule has 2 atom stereocenters. The third-order valence-corrected chi connectivity index (χ3v) is 5.76. The fourth-order valence-corrected chi connectivity index (χ4v) is 4.16. The maximum Gasteiger partial charge on any atom is 0.243 e. The Morgan fingerprint density at radius 2 is 1.67 bits per heavy atom. The van der Waals surface area contributed by atoms with Gasteiger partial charge in [-0.3, -0.25) is 9.10 Å². The molecule has 0 unspecified atom stereocenters. The van der Waals surface area contributed by atoms with Gasteiger partial charge in [-0.1, -0.05) is 41.9 Å². The van der Waals surface area contributed by atoms with Gasteiger partial charge in [0.2, 0.25) is 15.9 Å². The van der Waals surface area contributed by atoms with Crippen LogP contribution in [0.3, 0.4) is 0 Å². The summed E-state index contributed by atoms with van der Waals surface area (Å²) in [5.41, 5.74) is 1.60. The van der Waals surface area contributed by atoms with E-state index in [0.29, 0.717) is 10.7 Å². The zero-order valence-electron chi connectivity index (χ0n) is 15.7. The van der Waals surface area contributed by atoms with Crippen LogP contribution >= 0.6 is 11.6 Å². The average molecular weight is 409 g/mol. The lowest BCUT2D eigenvalue weighted by atomic mass is 10.1. The van der Waals surface area contributed by atoms with E-state index in [1.807, 2.05) is 37.3 Å². The van der Waals surface area contributed by atoms with Gasteiger partial charge >= 0.3 is 0 Å². The molecule has 0 radical (unpaired) electrons. The van der Waals surface area contributed by atoms with Crippen LogP contribution in [0.5, 0.6) is 0 Å². The highest BCUT2D eigenvalue weighted by molar-refractivity contribution is 7.92. The van der Waals surface area contributed by atoms with Gasteiger partial charge in [0.05, 0.1) is 11.9 Å². The summed E-state index contributed by atoms with van der Waals surface area (Å²) < 4.78 is 25.7. The number of benzene rings is 2. The Labute approximate surface area is 166 Å². The van der Waals surface area contributed by atoms with Crippen molar-refractivity contribution < 1.29 is 13.2 Å². The molecule has 146 valence electrons. The van der Waals surface area contributed by atoms with E-state index in [9.17, 15) is 13.2 Å². The molecule has 1 amide bonds. The number of hydrogen-bond acceptors (Lipinski definition) is 3. The monoisotopic (exact) mass is 408 g/mol. The SMILES string of the molecule is C[C@@H](CCc1ccccc1)NC(=O)[C@H](C)N(c1ccc(Cl)cc1)S(C)(=O)=O. The Hall–Kier alpha value is -2.05. The van der Waals surface area contributed by atoms with Gasteiger partial charge in [-0.25, -0.2) is 8.42 Å². The van der Waals surface area contributed by atoms with Gasteiger partial charge in [0, 0.05) is 11.1 Å². The lowest BCUT2D eigenvalue weighted by Gasteiger charge is -2.29. The summed E-state index contributed by atoms with van der Waals surface area (Å²) >= 11 is 5.88. The lowest BCUT2D eigenvalue weighted by Crippen LogP contribution is -2.49. The van der Waals surface area contributed by atoms with Crippen molar-refractivity contribution in [3.8, 4) is 0 Å². The van der Waals surface area contributed by atoms with Crippen LogP contribution in [0.4, 0.5) is 5.69 Å². The highest BCUT2D eigenvalue weighted by atomic mass is 35.5. The van der Waals surface area contributed by atoms with Crippen LogP contribution in [0.15, 0.2) is 54.6 Å². The van der Waals surface area contributed by atoms with E-state index in [0.717, 1.165) is 23.4 Å². The van der Waals surface area contributed by atoms with E-state index in [4.69, 9.17) is 11.6 Å². The lowest BCUT2D eigenvalue weighted by molar-refractivity contribution is -0.122. The number of aryl methyl sites for hydroxylation is 1. The van der Waals surface area contributed by atoms with Crippen molar-refractivity contribution in [2.24, 2.45) is 0 Å². The van der Waals surface area contributed by atoms with Gasteiger partial charge in [0.25, 0.3) is 0 Å². The molecular formula is C20H25ClN2O3S. The average Bonchev–Trinajstić information content (AvgIpc) is 2.61. The van der Waals surface area contributed by atoms with Gasteiger partial charge in [-0.2, -0.15) is 0 Å². The summed E-state index contributed by atoms with van der Waals surface area (Å²) in [7, 11) is -3.64. The molecule has 0 heterocycles. The molecule has 2 rings (SSSR count). The molecule has 0 saturated carbocycles. The zero-order valence-corrected chi connectivity index (χ0v) is 17.3. The first-order valence-corrected chi connectivity index (χ1v) is 11.0. The molecule has 0 spiro atoms. The predicted molar refractivity (Wildman–Crippen MR) is 111 cm³/mol. The van der Waals surface area contributed by atoms with Gasteiger partial charge < -0.3 is 5.32 Å². The van der Waals surface area contributed by atoms with E-state index in [1.54, 1.807) is 31.2 Å². The number of rotatable bonds is 8. The predicted octanol–water partition coefficient (Wildman–Crippen LogP) is 3.63. The number of halogens is 1. The second kappa shape index (κ2) is 9.24. The Kier molecular flexibility index (Phi) is 7.27. The van der Waals surface area contributed by atoms with Gasteiger partial charge in [-0.05, 0) is 56.5 Å². The van der Waals surface area contributed by atoms with Crippen LogP contribution < -0.4 is 9.62 Å². The van der Waals surface area contributed by atoms with Crippen LogP contribution in [-0.2, 0) is 21.2 Å². The number of carbonyl (C=O) groups is 1. The molecule has 0 aliphatic carbocycles.